The average Bonchev–Trinajstić information content (AvgIpc) is 2.46. The van der Waals surface area contributed by atoms with Crippen LogP contribution in [0.1, 0.15) is 5.56 Å². The Bertz CT molecular complexity index is 664. The van der Waals surface area contributed by atoms with Crippen molar-refractivity contribution in [1.82, 2.24) is 0 Å². The number of anilines is 1. The Morgan fingerprint density at radius 2 is 2.09 bits per heavy atom. The molecule has 0 radical (unpaired) electrons. The molecule has 0 aliphatic rings. The minimum Gasteiger partial charge on any atom is -0.487 e. The van der Waals surface area contributed by atoms with E-state index in [1.54, 1.807) is 30.3 Å². The van der Waals surface area contributed by atoms with E-state index >= 15 is 0 Å². The van der Waals surface area contributed by atoms with E-state index in [0.29, 0.717) is 22.0 Å². The summed E-state index contributed by atoms with van der Waals surface area (Å²) in [5.41, 5.74) is 1.25. The van der Waals surface area contributed by atoms with Gasteiger partial charge in [-0.1, -0.05) is 23.7 Å². The summed E-state index contributed by atoms with van der Waals surface area (Å²) in [6, 6.07) is 11.0. The van der Waals surface area contributed by atoms with Gasteiger partial charge in [0.15, 0.2) is 0 Å². The molecule has 22 heavy (non-hydrogen) atoms. The van der Waals surface area contributed by atoms with Crippen LogP contribution in [0.5, 0.6) is 5.75 Å². The minimum atomic E-state index is -0.316. The molecule has 0 fully saturated rings. The van der Waals surface area contributed by atoms with Crippen LogP contribution < -0.4 is 10.1 Å². The van der Waals surface area contributed by atoms with E-state index in [-0.39, 0.29) is 24.9 Å². The van der Waals surface area contributed by atoms with Gasteiger partial charge in [-0.25, -0.2) is 4.39 Å². The van der Waals surface area contributed by atoms with Gasteiger partial charge in [-0.05, 0) is 35.9 Å². The minimum absolute atomic E-state index is 0.0323. The van der Waals surface area contributed by atoms with E-state index in [1.807, 2.05) is 0 Å². The van der Waals surface area contributed by atoms with Gasteiger partial charge >= 0.3 is 0 Å². The number of hydrogen-bond acceptors (Lipinski definition) is 3. The molecule has 0 atom stereocenters. The second-order valence-corrected chi connectivity index (χ2v) is 4.95. The van der Waals surface area contributed by atoms with E-state index < -0.39 is 0 Å². The van der Waals surface area contributed by atoms with E-state index in [1.165, 1.54) is 19.2 Å². The molecule has 0 aliphatic heterocycles. The Morgan fingerprint density at radius 1 is 1.27 bits per heavy atom. The van der Waals surface area contributed by atoms with Gasteiger partial charge in [-0.15, -0.1) is 0 Å². The molecule has 0 heterocycles. The van der Waals surface area contributed by atoms with Crippen molar-refractivity contribution in [2.24, 2.45) is 0 Å². The number of amides is 1. The molecule has 0 unspecified atom stereocenters. The summed E-state index contributed by atoms with van der Waals surface area (Å²) in [6.07, 6.45) is 0. The number of rotatable bonds is 6. The molecular formula is C16H15ClFNO3. The van der Waals surface area contributed by atoms with Crippen LogP contribution in [0, 0.1) is 5.82 Å². The maximum atomic E-state index is 13.1. The summed E-state index contributed by atoms with van der Waals surface area (Å²) in [6.45, 7) is 0.169. The lowest BCUT2D eigenvalue weighted by molar-refractivity contribution is -0.119. The zero-order chi connectivity index (χ0) is 15.9. The van der Waals surface area contributed by atoms with E-state index in [9.17, 15) is 9.18 Å². The smallest absolute Gasteiger partial charge is 0.250 e. The van der Waals surface area contributed by atoms with Gasteiger partial charge in [0.2, 0.25) is 5.91 Å². The summed E-state index contributed by atoms with van der Waals surface area (Å²) in [5, 5.41) is 2.99. The summed E-state index contributed by atoms with van der Waals surface area (Å²) in [5.74, 6) is -0.133. The number of ether oxygens (including phenoxy) is 2. The molecule has 116 valence electrons. The van der Waals surface area contributed by atoms with Gasteiger partial charge < -0.3 is 14.8 Å². The molecule has 0 saturated heterocycles. The molecule has 0 bridgehead atoms. The summed E-state index contributed by atoms with van der Waals surface area (Å²) in [4.78, 5) is 11.4. The van der Waals surface area contributed by atoms with Crippen molar-refractivity contribution in [2.45, 2.75) is 6.61 Å². The Balaban J connectivity index is 1.99. The van der Waals surface area contributed by atoms with Gasteiger partial charge in [-0.3, -0.25) is 4.79 Å². The Hall–Kier alpha value is -2.11. The maximum Gasteiger partial charge on any atom is 0.250 e. The first-order chi connectivity index (χ1) is 10.6. The molecular weight excluding hydrogens is 309 g/mol. The number of benzene rings is 2. The molecule has 0 spiro atoms. The molecule has 2 aromatic rings. The van der Waals surface area contributed by atoms with Crippen LogP contribution in [-0.2, 0) is 16.1 Å². The lowest BCUT2D eigenvalue weighted by Crippen LogP contribution is -2.17. The Kier molecular flexibility index (Phi) is 5.75. The molecule has 0 aromatic heterocycles. The lowest BCUT2D eigenvalue weighted by atomic mass is 10.2. The number of carbonyl (C=O) groups excluding carboxylic acids is 1. The number of hydrogen-bond donors (Lipinski definition) is 1. The van der Waals surface area contributed by atoms with Gasteiger partial charge in [-0.2, -0.15) is 0 Å². The standard InChI is InChI=1S/C16H15ClFNO3/c1-21-10-16(20)19-13-5-6-15(14(17)8-13)22-9-11-3-2-4-12(18)7-11/h2-8H,9-10H2,1H3,(H,19,20). The summed E-state index contributed by atoms with van der Waals surface area (Å²) >= 11 is 6.11. The highest BCUT2D eigenvalue weighted by molar-refractivity contribution is 6.32. The number of nitrogens with one attached hydrogen (secondary N) is 1. The zero-order valence-electron chi connectivity index (χ0n) is 11.9. The maximum absolute atomic E-state index is 13.1. The van der Waals surface area contributed by atoms with Crippen LogP contribution in [0.25, 0.3) is 0 Å². The van der Waals surface area contributed by atoms with Gasteiger partial charge in [0.1, 0.15) is 24.8 Å². The topological polar surface area (TPSA) is 47.6 Å². The van der Waals surface area contributed by atoms with Crippen molar-refractivity contribution in [2.75, 3.05) is 19.0 Å². The summed E-state index contributed by atoms with van der Waals surface area (Å²) in [7, 11) is 1.44. The van der Waals surface area contributed by atoms with Crippen molar-refractivity contribution in [1.29, 1.82) is 0 Å². The first-order valence-corrected chi connectivity index (χ1v) is 6.92. The van der Waals surface area contributed by atoms with Crippen LogP contribution in [-0.4, -0.2) is 19.6 Å². The van der Waals surface area contributed by atoms with Gasteiger partial charge in [0.05, 0.1) is 5.02 Å². The molecule has 1 amide bonds. The lowest BCUT2D eigenvalue weighted by Gasteiger charge is -2.10. The normalized spacial score (nSPS) is 10.3. The van der Waals surface area contributed by atoms with Crippen molar-refractivity contribution < 1.29 is 18.7 Å². The third kappa shape index (κ3) is 4.72. The average molecular weight is 324 g/mol. The predicted octanol–water partition coefficient (Wildman–Crippen LogP) is 3.64. The first kappa shape index (κ1) is 16.3. The van der Waals surface area contributed by atoms with Crippen LogP contribution in [0.3, 0.4) is 0 Å². The fourth-order valence-corrected chi connectivity index (χ4v) is 2.05. The van der Waals surface area contributed by atoms with E-state index in [2.05, 4.69) is 5.32 Å². The molecule has 2 aromatic carbocycles. The highest BCUT2D eigenvalue weighted by atomic mass is 35.5. The molecule has 0 saturated carbocycles. The quantitative estimate of drug-likeness (QED) is 0.883. The molecule has 0 aliphatic carbocycles. The van der Waals surface area contributed by atoms with E-state index in [0.717, 1.165) is 0 Å². The second-order valence-electron chi connectivity index (χ2n) is 4.54. The zero-order valence-corrected chi connectivity index (χ0v) is 12.7. The molecule has 6 heteroatoms. The monoisotopic (exact) mass is 323 g/mol. The molecule has 4 nitrogen and oxygen atoms in total. The van der Waals surface area contributed by atoms with Crippen molar-refractivity contribution in [3.63, 3.8) is 0 Å². The van der Waals surface area contributed by atoms with Crippen LogP contribution >= 0.6 is 11.6 Å². The van der Waals surface area contributed by atoms with Crippen molar-refractivity contribution in [3.05, 3.63) is 58.9 Å². The third-order valence-corrected chi connectivity index (χ3v) is 3.07. The van der Waals surface area contributed by atoms with E-state index in [4.69, 9.17) is 21.1 Å². The van der Waals surface area contributed by atoms with Crippen LogP contribution in [0.4, 0.5) is 10.1 Å². The number of methoxy groups -OCH3 is 1. The van der Waals surface area contributed by atoms with Gasteiger partial charge in [0, 0.05) is 12.8 Å². The largest absolute Gasteiger partial charge is 0.487 e. The highest BCUT2D eigenvalue weighted by Crippen LogP contribution is 2.28. The number of carbonyl (C=O) groups is 1. The highest BCUT2D eigenvalue weighted by Gasteiger charge is 2.07. The van der Waals surface area contributed by atoms with Crippen LogP contribution in [0.15, 0.2) is 42.5 Å². The van der Waals surface area contributed by atoms with Gasteiger partial charge in [0.25, 0.3) is 0 Å². The number of halogens is 2. The fourth-order valence-electron chi connectivity index (χ4n) is 1.81. The molecule has 1 N–H and O–H groups in total. The van der Waals surface area contributed by atoms with Crippen LogP contribution in [0.2, 0.25) is 5.02 Å². The predicted molar refractivity (Wildman–Crippen MR) is 82.7 cm³/mol. The second kappa shape index (κ2) is 7.77. The molecule has 2 rings (SSSR count). The fraction of sp³-hybridized carbons (Fsp3) is 0.188. The van der Waals surface area contributed by atoms with Crippen molar-refractivity contribution >= 4 is 23.2 Å². The Labute approximate surface area is 132 Å². The third-order valence-electron chi connectivity index (χ3n) is 2.77. The SMILES string of the molecule is COCC(=O)Nc1ccc(OCc2cccc(F)c2)c(Cl)c1. The van der Waals surface area contributed by atoms with Crippen molar-refractivity contribution in [3.8, 4) is 5.75 Å². The first-order valence-electron chi connectivity index (χ1n) is 6.54. The summed E-state index contributed by atoms with van der Waals surface area (Å²) < 4.78 is 23.4. The Morgan fingerprint density at radius 3 is 2.77 bits per heavy atom.